The van der Waals surface area contributed by atoms with Gasteiger partial charge < -0.3 is 14.4 Å². The molecule has 0 spiro atoms. The highest BCUT2D eigenvalue weighted by molar-refractivity contribution is 5.94. The number of rotatable bonds is 5. The summed E-state index contributed by atoms with van der Waals surface area (Å²) in [5, 5.41) is 0. The van der Waals surface area contributed by atoms with Crippen molar-refractivity contribution < 1.29 is 14.3 Å². The highest BCUT2D eigenvalue weighted by atomic mass is 16.5. The topological polar surface area (TPSA) is 51.7 Å². The number of aromatic nitrogens is 1. The number of nitrogens with zero attached hydrogens (tertiary/aromatic N) is 2. The number of methoxy groups -OCH3 is 2. The van der Waals surface area contributed by atoms with Gasteiger partial charge in [-0.1, -0.05) is 12.1 Å². The zero-order valence-corrected chi connectivity index (χ0v) is 14.1. The molecule has 1 fully saturated rings. The van der Waals surface area contributed by atoms with E-state index in [4.69, 9.17) is 9.47 Å². The molecule has 0 N–H and O–H groups in total. The van der Waals surface area contributed by atoms with Crippen molar-refractivity contribution in [3.05, 3.63) is 53.7 Å². The van der Waals surface area contributed by atoms with E-state index in [1.54, 1.807) is 32.5 Å². The van der Waals surface area contributed by atoms with Gasteiger partial charge in [0.2, 0.25) is 5.88 Å². The van der Waals surface area contributed by atoms with Gasteiger partial charge >= 0.3 is 0 Å². The third-order valence-electron chi connectivity index (χ3n) is 4.45. The first-order valence-electron chi connectivity index (χ1n) is 8.12. The minimum absolute atomic E-state index is 0.0490. The van der Waals surface area contributed by atoms with Gasteiger partial charge in [0.05, 0.1) is 14.2 Å². The number of amides is 1. The van der Waals surface area contributed by atoms with Crippen LogP contribution in [0.3, 0.4) is 0 Å². The van der Waals surface area contributed by atoms with E-state index in [2.05, 4.69) is 17.1 Å². The van der Waals surface area contributed by atoms with Crippen LogP contribution < -0.4 is 9.47 Å². The lowest BCUT2D eigenvalue weighted by atomic mass is 9.99. The number of carbonyl (C=O) groups excluding carboxylic acids is 1. The summed E-state index contributed by atoms with van der Waals surface area (Å²) in [5.41, 5.74) is 1.91. The van der Waals surface area contributed by atoms with E-state index in [-0.39, 0.29) is 5.91 Å². The number of hydrogen-bond donors (Lipinski definition) is 0. The lowest BCUT2D eigenvalue weighted by molar-refractivity contribution is 0.0786. The van der Waals surface area contributed by atoms with Crippen molar-refractivity contribution >= 4 is 5.91 Å². The number of hydrogen-bond acceptors (Lipinski definition) is 4. The zero-order valence-electron chi connectivity index (χ0n) is 14.1. The molecule has 0 saturated carbocycles. The molecule has 3 rings (SSSR count). The third kappa shape index (κ3) is 3.67. The molecular weight excluding hydrogens is 304 g/mol. The minimum Gasteiger partial charge on any atom is -0.497 e. The Hall–Kier alpha value is -2.56. The number of benzene rings is 1. The third-order valence-corrected chi connectivity index (χ3v) is 4.45. The Kier molecular flexibility index (Phi) is 4.99. The van der Waals surface area contributed by atoms with Crippen LogP contribution in [0.1, 0.15) is 22.3 Å². The summed E-state index contributed by atoms with van der Waals surface area (Å²) in [6.45, 7) is 1.58. The second-order valence-electron chi connectivity index (χ2n) is 6.04. The van der Waals surface area contributed by atoms with Crippen LogP contribution in [0.15, 0.2) is 42.6 Å². The number of carbonyl (C=O) groups is 1. The standard InChI is InChI=1S/C19H22N2O3/c1-23-17-5-3-14(4-6-17)11-15-8-10-21(13-15)19(22)16-7-9-20-18(12-16)24-2/h3-7,9,12,15H,8,10-11,13H2,1-2H3. The van der Waals surface area contributed by atoms with Crippen molar-refractivity contribution in [1.29, 1.82) is 0 Å². The highest BCUT2D eigenvalue weighted by Crippen LogP contribution is 2.24. The van der Waals surface area contributed by atoms with Crippen molar-refractivity contribution in [1.82, 2.24) is 9.88 Å². The Morgan fingerprint density at radius 1 is 1.21 bits per heavy atom. The summed E-state index contributed by atoms with van der Waals surface area (Å²) < 4.78 is 10.3. The Morgan fingerprint density at radius 2 is 2.00 bits per heavy atom. The van der Waals surface area contributed by atoms with Crippen LogP contribution >= 0.6 is 0 Å². The SMILES string of the molecule is COc1ccc(CC2CCN(C(=O)c3ccnc(OC)c3)C2)cc1. The fourth-order valence-corrected chi connectivity index (χ4v) is 3.12. The molecular formula is C19H22N2O3. The molecule has 2 heterocycles. The van der Waals surface area contributed by atoms with Gasteiger partial charge in [-0.15, -0.1) is 0 Å². The molecule has 24 heavy (non-hydrogen) atoms. The van der Waals surface area contributed by atoms with Crippen LogP contribution in [0.5, 0.6) is 11.6 Å². The maximum Gasteiger partial charge on any atom is 0.254 e. The molecule has 5 nitrogen and oxygen atoms in total. The van der Waals surface area contributed by atoms with E-state index in [1.807, 2.05) is 17.0 Å². The summed E-state index contributed by atoms with van der Waals surface area (Å²) in [6.07, 6.45) is 3.62. The monoisotopic (exact) mass is 326 g/mol. The van der Waals surface area contributed by atoms with Crippen molar-refractivity contribution in [3.8, 4) is 11.6 Å². The molecule has 0 radical (unpaired) electrons. The first kappa shape index (κ1) is 16.3. The summed E-state index contributed by atoms with van der Waals surface area (Å²) >= 11 is 0. The van der Waals surface area contributed by atoms with E-state index in [9.17, 15) is 4.79 Å². The van der Waals surface area contributed by atoms with E-state index in [1.165, 1.54) is 5.56 Å². The molecule has 1 aromatic carbocycles. The molecule has 1 amide bonds. The van der Waals surface area contributed by atoms with E-state index >= 15 is 0 Å². The fourth-order valence-electron chi connectivity index (χ4n) is 3.12. The maximum atomic E-state index is 12.6. The van der Waals surface area contributed by atoms with Crippen molar-refractivity contribution in [2.75, 3.05) is 27.3 Å². The van der Waals surface area contributed by atoms with Crippen LogP contribution in [0, 0.1) is 5.92 Å². The Morgan fingerprint density at radius 3 is 2.71 bits per heavy atom. The summed E-state index contributed by atoms with van der Waals surface area (Å²) in [4.78, 5) is 18.6. The van der Waals surface area contributed by atoms with Crippen LogP contribution in [0.25, 0.3) is 0 Å². The molecule has 0 bridgehead atoms. The molecule has 126 valence electrons. The second-order valence-corrected chi connectivity index (χ2v) is 6.04. The normalized spacial score (nSPS) is 16.9. The van der Waals surface area contributed by atoms with E-state index < -0.39 is 0 Å². The number of pyridine rings is 1. The van der Waals surface area contributed by atoms with Gasteiger partial charge in [-0.25, -0.2) is 4.98 Å². The Bertz CT molecular complexity index is 700. The van der Waals surface area contributed by atoms with Crippen LogP contribution in [0.2, 0.25) is 0 Å². The molecule has 1 atom stereocenters. The van der Waals surface area contributed by atoms with Crippen molar-refractivity contribution in [2.45, 2.75) is 12.8 Å². The maximum absolute atomic E-state index is 12.6. The van der Waals surface area contributed by atoms with Gasteiger partial charge in [0, 0.05) is 30.9 Å². The molecule has 1 aromatic heterocycles. The van der Waals surface area contributed by atoms with Gasteiger partial charge in [0.25, 0.3) is 5.91 Å². The average molecular weight is 326 g/mol. The van der Waals surface area contributed by atoms with Crippen LogP contribution in [-0.4, -0.2) is 43.1 Å². The molecule has 2 aromatic rings. The highest BCUT2D eigenvalue weighted by Gasteiger charge is 2.27. The summed E-state index contributed by atoms with van der Waals surface area (Å²) in [6, 6.07) is 11.6. The number of likely N-dealkylation sites (tertiary alicyclic amines) is 1. The van der Waals surface area contributed by atoms with Gasteiger partial charge in [-0.05, 0) is 42.5 Å². The first-order chi connectivity index (χ1) is 11.7. The van der Waals surface area contributed by atoms with Crippen molar-refractivity contribution in [3.63, 3.8) is 0 Å². The van der Waals surface area contributed by atoms with E-state index in [0.717, 1.165) is 31.7 Å². The predicted octanol–water partition coefficient (Wildman–Crippen LogP) is 2.80. The smallest absolute Gasteiger partial charge is 0.254 e. The summed E-state index contributed by atoms with van der Waals surface area (Å²) in [7, 11) is 3.22. The summed E-state index contributed by atoms with van der Waals surface area (Å²) in [5.74, 6) is 1.88. The molecule has 1 aliphatic heterocycles. The van der Waals surface area contributed by atoms with Gasteiger partial charge in [-0.3, -0.25) is 4.79 Å². The van der Waals surface area contributed by atoms with Gasteiger partial charge in [0.15, 0.2) is 0 Å². The van der Waals surface area contributed by atoms with Gasteiger partial charge in [0.1, 0.15) is 5.75 Å². The van der Waals surface area contributed by atoms with Crippen LogP contribution in [-0.2, 0) is 6.42 Å². The lowest BCUT2D eigenvalue weighted by Crippen LogP contribution is -2.29. The predicted molar refractivity (Wildman–Crippen MR) is 91.5 cm³/mol. The zero-order chi connectivity index (χ0) is 16.9. The Balaban J connectivity index is 1.60. The first-order valence-corrected chi connectivity index (χ1v) is 8.12. The molecule has 1 saturated heterocycles. The second kappa shape index (κ2) is 7.34. The van der Waals surface area contributed by atoms with E-state index in [0.29, 0.717) is 17.4 Å². The minimum atomic E-state index is 0.0490. The molecule has 1 unspecified atom stereocenters. The molecule has 5 heteroatoms. The number of ether oxygens (including phenoxy) is 2. The lowest BCUT2D eigenvalue weighted by Gasteiger charge is -2.17. The molecule has 1 aliphatic rings. The largest absolute Gasteiger partial charge is 0.497 e. The van der Waals surface area contributed by atoms with Crippen LogP contribution in [0.4, 0.5) is 0 Å². The Labute approximate surface area is 142 Å². The van der Waals surface area contributed by atoms with Crippen molar-refractivity contribution in [2.24, 2.45) is 5.92 Å². The molecule has 0 aliphatic carbocycles. The average Bonchev–Trinajstić information content (AvgIpc) is 3.10. The quantitative estimate of drug-likeness (QED) is 0.848. The van der Waals surface area contributed by atoms with Gasteiger partial charge in [-0.2, -0.15) is 0 Å². The fraction of sp³-hybridized carbons (Fsp3) is 0.368.